The first kappa shape index (κ1) is 19.4. The SMILES string of the molecule is Fc1cccc(NSc2cc(Cl)c(NCc3cccc4ccncc34)cc2F)n1. The van der Waals surface area contributed by atoms with Gasteiger partial charge in [-0.15, -0.1) is 0 Å². The van der Waals surface area contributed by atoms with E-state index in [0.29, 0.717) is 17.3 Å². The molecule has 8 heteroatoms. The van der Waals surface area contributed by atoms with Gasteiger partial charge in [0.05, 0.1) is 15.6 Å². The van der Waals surface area contributed by atoms with Crippen LogP contribution < -0.4 is 10.0 Å². The van der Waals surface area contributed by atoms with Gasteiger partial charge in [0.2, 0.25) is 5.95 Å². The molecule has 2 heterocycles. The summed E-state index contributed by atoms with van der Waals surface area (Å²) < 4.78 is 30.5. The highest BCUT2D eigenvalue weighted by Crippen LogP contribution is 2.32. The van der Waals surface area contributed by atoms with Crippen LogP contribution in [0.3, 0.4) is 0 Å². The van der Waals surface area contributed by atoms with E-state index in [0.717, 1.165) is 28.3 Å². The number of halogens is 3. The number of hydrogen-bond donors (Lipinski definition) is 2. The summed E-state index contributed by atoms with van der Waals surface area (Å²) in [5, 5.41) is 5.67. The van der Waals surface area contributed by atoms with E-state index in [2.05, 4.69) is 20.0 Å². The van der Waals surface area contributed by atoms with Gasteiger partial charge in [-0.05, 0) is 53.2 Å². The minimum Gasteiger partial charge on any atom is -0.380 e. The number of benzene rings is 2. The van der Waals surface area contributed by atoms with Crippen molar-refractivity contribution >= 4 is 45.8 Å². The van der Waals surface area contributed by atoms with Crippen molar-refractivity contribution in [1.82, 2.24) is 9.97 Å². The summed E-state index contributed by atoms with van der Waals surface area (Å²) in [6.45, 7) is 0.472. The molecule has 4 aromatic rings. The zero-order valence-electron chi connectivity index (χ0n) is 15.0. The first-order chi connectivity index (χ1) is 14.1. The zero-order valence-corrected chi connectivity index (χ0v) is 16.6. The maximum Gasteiger partial charge on any atom is 0.214 e. The Kier molecular flexibility index (Phi) is 5.78. The van der Waals surface area contributed by atoms with Gasteiger partial charge in [-0.2, -0.15) is 4.39 Å². The Balaban J connectivity index is 1.48. The predicted octanol–water partition coefficient (Wildman–Crippen LogP) is 6.29. The zero-order chi connectivity index (χ0) is 20.2. The van der Waals surface area contributed by atoms with Gasteiger partial charge in [0.1, 0.15) is 11.6 Å². The quantitative estimate of drug-likeness (QED) is 0.279. The number of anilines is 2. The molecule has 0 atom stereocenters. The van der Waals surface area contributed by atoms with Crippen LogP contribution in [0, 0.1) is 11.8 Å². The fourth-order valence-corrected chi connectivity index (χ4v) is 3.79. The molecule has 0 aliphatic rings. The molecule has 0 bridgehead atoms. The predicted molar refractivity (Wildman–Crippen MR) is 114 cm³/mol. The maximum absolute atomic E-state index is 14.5. The van der Waals surface area contributed by atoms with Crippen LogP contribution in [-0.4, -0.2) is 9.97 Å². The van der Waals surface area contributed by atoms with Crippen LogP contribution >= 0.6 is 23.5 Å². The summed E-state index contributed by atoms with van der Waals surface area (Å²) in [7, 11) is 0. The Morgan fingerprint density at radius 1 is 1.03 bits per heavy atom. The highest BCUT2D eigenvalue weighted by atomic mass is 35.5. The van der Waals surface area contributed by atoms with Gasteiger partial charge in [-0.25, -0.2) is 9.37 Å². The summed E-state index contributed by atoms with van der Waals surface area (Å²) in [6, 6.07) is 15.1. The standard InChI is InChI=1S/C21H15ClF2N4S/c22-16-9-19(29-28-21-6-2-5-20(24)27-21)17(23)10-18(16)26-11-14-4-1-3-13-7-8-25-12-15(13)14/h1-10,12,26H,11H2,(H,27,28). The Bertz CT molecular complexity index is 1170. The molecule has 2 N–H and O–H groups in total. The van der Waals surface area contributed by atoms with Crippen molar-refractivity contribution in [3.05, 3.63) is 89.3 Å². The molecule has 0 fully saturated rings. The van der Waals surface area contributed by atoms with E-state index in [-0.39, 0.29) is 10.7 Å². The third-order valence-electron chi connectivity index (χ3n) is 4.25. The van der Waals surface area contributed by atoms with E-state index in [1.807, 2.05) is 24.3 Å². The van der Waals surface area contributed by atoms with Crippen LogP contribution in [0.4, 0.5) is 20.3 Å². The van der Waals surface area contributed by atoms with Crippen molar-refractivity contribution in [1.29, 1.82) is 0 Å². The number of pyridine rings is 2. The molecule has 29 heavy (non-hydrogen) atoms. The maximum atomic E-state index is 14.5. The Morgan fingerprint density at radius 2 is 1.90 bits per heavy atom. The number of nitrogens with one attached hydrogen (secondary N) is 2. The largest absolute Gasteiger partial charge is 0.380 e. The number of nitrogens with zero attached hydrogens (tertiary/aromatic N) is 2. The van der Waals surface area contributed by atoms with Gasteiger partial charge in [-0.3, -0.25) is 4.98 Å². The molecule has 0 radical (unpaired) electrons. The molecule has 4 nitrogen and oxygen atoms in total. The third-order valence-corrected chi connectivity index (χ3v) is 5.40. The first-order valence-electron chi connectivity index (χ1n) is 8.70. The lowest BCUT2D eigenvalue weighted by Crippen LogP contribution is -2.02. The topological polar surface area (TPSA) is 49.8 Å². The van der Waals surface area contributed by atoms with Crippen LogP contribution in [0.25, 0.3) is 10.8 Å². The molecule has 2 aromatic heterocycles. The second kappa shape index (κ2) is 8.63. The number of aromatic nitrogens is 2. The summed E-state index contributed by atoms with van der Waals surface area (Å²) in [5.74, 6) is -0.778. The highest BCUT2D eigenvalue weighted by molar-refractivity contribution is 8.00. The van der Waals surface area contributed by atoms with E-state index >= 15 is 0 Å². The summed E-state index contributed by atoms with van der Waals surface area (Å²) in [5.41, 5.74) is 1.52. The molecule has 0 amide bonds. The van der Waals surface area contributed by atoms with Crippen LogP contribution in [-0.2, 0) is 6.54 Å². The van der Waals surface area contributed by atoms with E-state index in [1.54, 1.807) is 18.5 Å². The smallest absolute Gasteiger partial charge is 0.214 e. The lowest BCUT2D eigenvalue weighted by molar-refractivity contribution is 0.586. The summed E-state index contributed by atoms with van der Waals surface area (Å²) in [6.07, 6.45) is 3.55. The van der Waals surface area contributed by atoms with E-state index in [9.17, 15) is 8.78 Å². The Hall–Kier alpha value is -2.90. The molecule has 2 aromatic carbocycles. The lowest BCUT2D eigenvalue weighted by atomic mass is 10.1. The molecule has 0 saturated heterocycles. The van der Waals surface area contributed by atoms with Gasteiger partial charge in [0, 0.05) is 24.3 Å². The molecule has 0 aliphatic carbocycles. The van der Waals surface area contributed by atoms with Crippen molar-refractivity contribution in [2.24, 2.45) is 0 Å². The monoisotopic (exact) mass is 428 g/mol. The van der Waals surface area contributed by atoms with Crippen molar-refractivity contribution in [3.8, 4) is 0 Å². The van der Waals surface area contributed by atoms with E-state index in [4.69, 9.17) is 11.6 Å². The normalized spacial score (nSPS) is 10.9. The van der Waals surface area contributed by atoms with Crippen LogP contribution in [0.1, 0.15) is 5.56 Å². The summed E-state index contributed by atoms with van der Waals surface area (Å²) in [4.78, 5) is 8.12. The highest BCUT2D eigenvalue weighted by Gasteiger charge is 2.11. The average molecular weight is 429 g/mol. The Morgan fingerprint density at radius 3 is 2.76 bits per heavy atom. The van der Waals surface area contributed by atoms with E-state index in [1.165, 1.54) is 24.3 Å². The van der Waals surface area contributed by atoms with Gasteiger partial charge in [-0.1, -0.05) is 35.9 Å². The second-order valence-electron chi connectivity index (χ2n) is 6.18. The number of hydrogen-bond acceptors (Lipinski definition) is 5. The molecule has 4 rings (SSSR count). The Labute approximate surface area is 175 Å². The van der Waals surface area contributed by atoms with Gasteiger partial charge in [0.25, 0.3) is 0 Å². The molecular formula is C21H15ClF2N4S. The average Bonchev–Trinajstić information content (AvgIpc) is 2.73. The molecule has 0 aliphatic heterocycles. The number of fused-ring (bicyclic) bond motifs is 1. The minimum absolute atomic E-state index is 0.279. The summed E-state index contributed by atoms with van der Waals surface area (Å²) >= 11 is 7.31. The molecule has 0 unspecified atom stereocenters. The van der Waals surface area contributed by atoms with Crippen LogP contribution in [0.15, 0.2) is 71.9 Å². The van der Waals surface area contributed by atoms with E-state index < -0.39 is 11.8 Å². The molecular weight excluding hydrogens is 414 g/mol. The van der Waals surface area contributed by atoms with Crippen molar-refractivity contribution in [2.45, 2.75) is 11.4 Å². The third kappa shape index (κ3) is 4.58. The van der Waals surface area contributed by atoms with Gasteiger partial charge in [0.15, 0.2) is 0 Å². The molecule has 0 saturated carbocycles. The van der Waals surface area contributed by atoms with Crippen molar-refractivity contribution < 1.29 is 8.78 Å². The van der Waals surface area contributed by atoms with Crippen LogP contribution in [0.2, 0.25) is 5.02 Å². The van der Waals surface area contributed by atoms with Crippen molar-refractivity contribution in [3.63, 3.8) is 0 Å². The van der Waals surface area contributed by atoms with Crippen molar-refractivity contribution in [2.75, 3.05) is 10.0 Å². The molecule has 0 spiro atoms. The first-order valence-corrected chi connectivity index (χ1v) is 9.89. The fraction of sp³-hybridized carbons (Fsp3) is 0.0476. The number of rotatable bonds is 6. The van der Waals surface area contributed by atoms with Crippen LogP contribution in [0.5, 0.6) is 0 Å². The second-order valence-corrected chi connectivity index (χ2v) is 7.43. The lowest BCUT2D eigenvalue weighted by Gasteiger charge is -2.13. The molecule has 146 valence electrons. The van der Waals surface area contributed by atoms with Gasteiger partial charge < -0.3 is 10.0 Å². The fourth-order valence-electron chi connectivity index (χ4n) is 2.84. The minimum atomic E-state index is -0.614. The van der Waals surface area contributed by atoms with Gasteiger partial charge >= 0.3 is 0 Å².